The number of fused-ring (bicyclic) bond motifs is 1. The maximum absolute atomic E-state index is 13.3. The fraction of sp³-hybridized carbons (Fsp3) is 0.300. The number of aromatic amines is 1. The molecule has 5 nitrogen and oxygen atoms in total. The molecule has 0 saturated heterocycles. The van der Waals surface area contributed by atoms with Crippen LogP contribution in [-0.4, -0.2) is 38.7 Å². The van der Waals surface area contributed by atoms with Gasteiger partial charge in [-0.3, -0.25) is 14.5 Å². The van der Waals surface area contributed by atoms with Gasteiger partial charge >= 0.3 is 6.55 Å². The highest BCUT2D eigenvalue weighted by Crippen LogP contribution is 2.27. The number of hydrogen-bond donors (Lipinski definition) is 1. The SMILES string of the molecule is Cc1ccc(C(=O)N2CCc3[nH]nc(-c4ccccc4)c3CC2)n1C(F)F. The van der Waals surface area contributed by atoms with Crippen molar-refractivity contribution < 1.29 is 13.6 Å². The standard InChI is InChI=1S/C20H20F2N4O/c1-13-7-8-17(26(13)20(21)22)19(27)25-11-9-15-16(10-12-25)23-24-18(15)14-5-3-2-4-6-14/h2-8,20H,9-12H2,1H3,(H,23,24). The van der Waals surface area contributed by atoms with Gasteiger partial charge in [0.1, 0.15) is 5.69 Å². The Kier molecular flexibility index (Phi) is 4.51. The van der Waals surface area contributed by atoms with Crippen molar-refractivity contribution in [2.24, 2.45) is 0 Å². The van der Waals surface area contributed by atoms with Gasteiger partial charge in [0, 0.05) is 42.0 Å². The van der Waals surface area contributed by atoms with E-state index in [0.29, 0.717) is 31.6 Å². The molecule has 0 atom stereocenters. The lowest BCUT2D eigenvalue weighted by Crippen LogP contribution is -2.35. The molecular weight excluding hydrogens is 350 g/mol. The molecule has 3 aromatic rings. The van der Waals surface area contributed by atoms with E-state index in [1.165, 1.54) is 6.07 Å². The van der Waals surface area contributed by atoms with Crippen LogP contribution in [0.25, 0.3) is 11.3 Å². The highest BCUT2D eigenvalue weighted by molar-refractivity contribution is 5.93. The number of alkyl halides is 2. The first-order chi connectivity index (χ1) is 13.1. The van der Waals surface area contributed by atoms with E-state index >= 15 is 0 Å². The predicted octanol–water partition coefficient (Wildman–Crippen LogP) is 3.82. The minimum absolute atomic E-state index is 0.0365. The third kappa shape index (κ3) is 3.13. The molecule has 1 aliphatic rings. The Labute approximate surface area is 155 Å². The highest BCUT2D eigenvalue weighted by Gasteiger charge is 2.27. The van der Waals surface area contributed by atoms with Crippen molar-refractivity contribution >= 4 is 5.91 Å². The summed E-state index contributed by atoms with van der Waals surface area (Å²) in [7, 11) is 0. The van der Waals surface area contributed by atoms with Gasteiger partial charge in [0.2, 0.25) is 0 Å². The molecule has 1 aromatic carbocycles. The van der Waals surface area contributed by atoms with Gasteiger partial charge in [0.25, 0.3) is 5.91 Å². The lowest BCUT2D eigenvalue weighted by atomic mass is 10.0. The first-order valence-electron chi connectivity index (χ1n) is 8.93. The zero-order chi connectivity index (χ0) is 19.0. The third-order valence-electron chi connectivity index (χ3n) is 5.09. The smallest absolute Gasteiger partial charge is 0.319 e. The summed E-state index contributed by atoms with van der Waals surface area (Å²) in [5.41, 5.74) is 4.43. The van der Waals surface area contributed by atoms with Crippen molar-refractivity contribution in [2.45, 2.75) is 26.3 Å². The Balaban J connectivity index is 1.58. The molecule has 0 radical (unpaired) electrons. The lowest BCUT2D eigenvalue weighted by molar-refractivity contribution is 0.0554. The zero-order valence-electron chi connectivity index (χ0n) is 15.0. The second-order valence-corrected chi connectivity index (χ2v) is 6.70. The summed E-state index contributed by atoms with van der Waals surface area (Å²) >= 11 is 0. The van der Waals surface area contributed by atoms with E-state index in [9.17, 15) is 13.6 Å². The maximum Gasteiger partial charge on any atom is 0.319 e. The minimum Gasteiger partial charge on any atom is -0.337 e. The number of carbonyl (C=O) groups is 1. The molecule has 1 N–H and O–H groups in total. The van der Waals surface area contributed by atoms with Crippen molar-refractivity contribution in [2.75, 3.05) is 13.1 Å². The summed E-state index contributed by atoms with van der Waals surface area (Å²) < 4.78 is 27.4. The van der Waals surface area contributed by atoms with Crippen LogP contribution >= 0.6 is 0 Å². The van der Waals surface area contributed by atoms with Crippen molar-refractivity contribution in [3.63, 3.8) is 0 Å². The van der Waals surface area contributed by atoms with Gasteiger partial charge in [-0.15, -0.1) is 0 Å². The topological polar surface area (TPSA) is 53.9 Å². The van der Waals surface area contributed by atoms with Gasteiger partial charge in [0.15, 0.2) is 0 Å². The number of H-pyrrole nitrogens is 1. The number of hydrogen-bond acceptors (Lipinski definition) is 2. The second kappa shape index (κ2) is 6.98. The molecule has 0 bridgehead atoms. The molecule has 140 valence electrons. The molecule has 1 amide bonds. The number of nitrogens with one attached hydrogen (secondary N) is 1. The number of amides is 1. The Morgan fingerprint density at radius 2 is 1.85 bits per heavy atom. The largest absolute Gasteiger partial charge is 0.337 e. The molecule has 0 saturated carbocycles. The van der Waals surface area contributed by atoms with Crippen LogP contribution in [-0.2, 0) is 12.8 Å². The molecule has 0 spiro atoms. The Morgan fingerprint density at radius 1 is 1.11 bits per heavy atom. The number of halogens is 2. The van der Waals surface area contributed by atoms with Crippen LogP contribution < -0.4 is 0 Å². The van der Waals surface area contributed by atoms with Crippen LogP contribution in [0.5, 0.6) is 0 Å². The van der Waals surface area contributed by atoms with Gasteiger partial charge in [-0.2, -0.15) is 13.9 Å². The van der Waals surface area contributed by atoms with E-state index in [0.717, 1.165) is 27.1 Å². The molecule has 0 fully saturated rings. The number of benzene rings is 1. The van der Waals surface area contributed by atoms with Gasteiger partial charge in [-0.05, 0) is 25.5 Å². The fourth-order valence-corrected chi connectivity index (χ4v) is 3.67. The Bertz CT molecular complexity index is 962. The van der Waals surface area contributed by atoms with Crippen LogP contribution in [0, 0.1) is 6.92 Å². The molecular formula is C20H20F2N4O. The first kappa shape index (κ1) is 17.5. The maximum atomic E-state index is 13.3. The molecule has 0 aliphatic carbocycles. The summed E-state index contributed by atoms with van der Waals surface area (Å²) in [6, 6.07) is 12.9. The van der Waals surface area contributed by atoms with Crippen LogP contribution in [0.15, 0.2) is 42.5 Å². The van der Waals surface area contributed by atoms with E-state index in [-0.39, 0.29) is 11.6 Å². The molecule has 7 heteroatoms. The number of nitrogens with zero attached hydrogens (tertiary/aromatic N) is 3. The summed E-state index contributed by atoms with van der Waals surface area (Å²) in [6.45, 7) is -0.213. The van der Waals surface area contributed by atoms with E-state index in [4.69, 9.17) is 0 Å². The van der Waals surface area contributed by atoms with E-state index in [2.05, 4.69) is 10.2 Å². The molecule has 4 rings (SSSR count). The summed E-state index contributed by atoms with van der Waals surface area (Å²) in [5, 5.41) is 7.53. The Hall–Kier alpha value is -2.96. The average molecular weight is 370 g/mol. The Morgan fingerprint density at radius 3 is 2.59 bits per heavy atom. The van der Waals surface area contributed by atoms with Crippen molar-refractivity contribution in [1.29, 1.82) is 0 Å². The summed E-state index contributed by atoms with van der Waals surface area (Å²) in [6.07, 6.45) is 1.26. The number of aromatic nitrogens is 3. The molecule has 0 unspecified atom stereocenters. The monoisotopic (exact) mass is 370 g/mol. The van der Waals surface area contributed by atoms with Crippen molar-refractivity contribution in [3.05, 3.63) is 65.1 Å². The number of rotatable bonds is 3. The number of aryl methyl sites for hydroxylation is 1. The number of carbonyl (C=O) groups excluding carboxylic acids is 1. The van der Waals surface area contributed by atoms with Crippen LogP contribution in [0.1, 0.15) is 34.0 Å². The first-order valence-corrected chi connectivity index (χ1v) is 8.93. The zero-order valence-corrected chi connectivity index (χ0v) is 15.0. The van der Waals surface area contributed by atoms with Crippen LogP contribution in [0.2, 0.25) is 0 Å². The summed E-state index contributed by atoms with van der Waals surface area (Å²) in [5.74, 6) is -0.359. The van der Waals surface area contributed by atoms with Crippen molar-refractivity contribution in [1.82, 2.24) is 19.7 Å². The van der Waals surface area contributed by atoms with Crippen LogP contribution in [0.4, 0.5) is 8.78 Å². The predicted molar refractivity (Wildman–Crippen MR) is 97.8 cm³/mol. The van der Waals surface area contributed by atoms with Gasteiger partial charge in [-0.1, -0.05) is 30.3 Å². The van der Waals surface area contributed by atoms with E-state index < -0.39 is 6.55 Å². The average Bonchev–Trinajstić information content (AvgIpc) is 3.19. The third-order valence-corrected chi connectivity index (χ3v) is 5.09. The molecule has 1 aliphatic heterocycles. The van der Waals surface area contributed by atoms with Crippen LogP contribution in [0.3, 0.4) is 0 Å². The molecule has 27 heavy (non-hydrogen) atoms. The second-order valence-electron chi connectivity index (χ2n) is 6.70. The minimum atomic E-state index is -2.73. The lowest BCUT2D eigenvalue weighted by Gasteiger charge is -2.21. The van der Waals surface area contributed by atoms with Crippen molar-refractivity contribution in [3.8, 4) is 11.3 Å². The van der Waals surface area contributed by atoms with Gasteiger partial charge in [0.05, 0.1) is 5.69 Å². The molecule has 3 heterocycles. The van der Waals surface area contributed by atoms with E-state index in [1.54, 1.807) is 17.9 Å². The molecule has 2 aromatic heterocycles. The highest BCUT2D eigenvalue weighted by atomic mass is 19.3. The van der Waals surface area contributed by atoms with Gasteiger partial charge < -0.3 is 4.90 Å². The normalized spacial score (nSPS) is 14.3. The van der Waals surface area contributed by atoms with E-state index in [1.807, 2.05) is 30.3 Å². The summed E-state index contributed by atoms with van der Waals surface area (Å²) in [4.78, 5) is 14.5. The fourth-order valence-electron chi connectivity index (χ4n) is 3.67. The quantitative estimate of drug-likeness (QED) is 0.762. The van der Waals surface area contributed by atoms with Gasteiger partial charge in [-0.25, -0.2) is 0 Å².